The van der Waals surface area contributed by atoms with Crippen molar-refractivity contribution in [2.45, 2.75) is 16.7 Å². The maximum Gasteiger partial charge on any atom is 0.297 e. The summed E-state index contributed by atoms with van der Waals surface area (Å²) >= 11 is 0. The van der Waals surface area contributed by atoms with Gasteiger partial charge in [-0.05, 0) is 30.7 Å². The first-order valence-electron chi connectivity index (χ1n) is 5.29. The van der Waals surface area contributed by atoms with Crippen molar-refractivity contribution in [2.75, 3.05) is 5.73 Å². The maximum absolute atomic E-state index is 11.4. The van der Waals surface area contributed by atoms with Crippen LogP contribution < -0.4 is 5.73 Å². The van der Waals surface area contributed by atoms with Crippen molar-refractivity contribution in [3.8, 4) is 0 Å². The Morgan fingerprint density at radius 2 is 1.55 bits per heavy atom. The molecule has 2 rings (SSSR count). The zero-order valence-corrected chi connectivity index (χ0v) is 11.9. The van der Waals surface area contributed by atoms with Gasteiger partial charge in [0.2, 0.25) is 0 Å². The number of nitrogen functional groups attached to an aromatic ring is 1. The summed E-state index contributed by atoms with van der Waals surface area (Å²) in [6, 6.07) is 4.97. The topological polar surface area (TPSA) is 135 Å². The first-order valence-corrected chi connectivity index (χ1v) is 8.17. The fourth-order valence-corrected chi connectivity index (χ4v) is 3.63. The van der Waals surface area contributed by atoms with Gasteiger partial charge in [-0.25, -0.2) is 0 Å². The van der Waals surface area contributed by atoms with Crippen LogP contribution in [0.1, 0.15) is 5.56 Å². The highest BCUT2D eigenvalue weighted by Crippen LogP contribution is 2.33. The van der Waals surface area contributed by atoms with Gasteiger partial charge in [-0.15, -0.1) is 0 Å². The molecule has 108 valence electrons. The second-order valence-corrected chi connectivity index (χ2v) is 7.04. The molecule has 0 bridgehead atoms. The Hall–Kier alpha value is -1.68. The minimum atomic E-state index is -4.64. The third-order valence-corrected chi connectivity index (χ3v) is 4.62. The largest absolute Gasteiger partial charge is 0.398 e. The van der Waals surface area contributed by atoms with Crippen molar-refractivity contribution in [3.05, 3.63) is 29.8 Å². The van der Waals surface area contributed by atoms with E-state index in [4.69, 9.17) is 5.73 Å². The van der Waals surface area contributed by atoms with E-state index >= 15 is 0 Å². The number of hydrogen-bond donors (Lipinski definition) is 3. The Morgan fingerprint density at radius 3 is 2.05 bits per heavy atom. The van der Waals surface area contributed by atoms with E-state index in [1.807, 2.05) is 0 Å². The monoisotopic (exact) mass is 317 g/mol. The standard InChI is InChI=1S/C11H11NO6S2/c1-6-4-8-7(10(5-6)19(13,14)15)2-3-9(12)11(8)20(16,17)18/h2-5H,12H2,1H3,(H,13,14,15)(H,16,17,18). The normalized spacial score (nSPS) is 12.8. The number of fused-ring (bicyclic) bond motifs is 1. The number of aryl methyl sites for hydroxylation is 1. The van der Waals surface area contributed by atoms with Crippen LogP contribution in [0.4, 0.5) is 5.69 Å². The van der Waals surface area contributed by atoms with Crippen LogP contribution in [-0.4, -0.2) is 25.9 Å². The van der Waals surface area contributed by atoms with Gasteiger partial charge in [-0.1, -0.05) is 6.07 Å². The molecule has 0 spiro atoms. The van der Waals surface area contributed by atoms with Gasteiger partial charge in [0.1, 0.15) is 9.79 Å². The van der Waals surface area contributed by atoms with E-state index < -0.39 is 30.0 Å². The maximum atomic E-state index is 11.4. The van der Waals surface area contributed by atoms with Gasteiger partial charge in [0.05, 0.1) is 5.69 Å². The molecule has 0 aliphatic rings. The Bertz CT molecular complexity index is 916. The van der Waals surface area contributed by atoms with Gasteiger partial charge < -0.3 is 5.73 Å². The van der Waals surface area contributed by atoms with Gasteiger partial charge in [0.15, 0.2) is 0 Å². The molecule has 20 heavy (non-hydrogen) atoms. The molecule has 0 saturated carbocycles. The number of nitrogens with two attached hydrogens (primary N) is 1. The van der Waals surface area contributed by atoms with E-state index in [0.717, 1.165) is 6.07 Å². The number of hydrogen-bond acceptors (Lipinski definition) is 5. The molecule has 2 aromatic rings. The molecule has 7 nitrogen and oxygen atoms in total. The van der Waals surface area contributed by atoms with E-state index in [1.165, 1.54) is 25.1 Å². The molecule has 0 aliphatic carbocycles. The van der Waals surface area contributed by atoms with Crippen LogP contribution in [0.5, 0.6) is 0 Å². The molecule has 0 unspecified atom stereocenters. The minimum absolute atomic E-state index is 0.0417. The highest BCUT2D eigenvalue weighted by atomic mass is 32.2. The molecule has 0 aromatic heterocycles. The van der Waals surface area contributed by atoms with Crippen LogP contribution >= 0.6 is 0 Å². The van der Waals surface area contributed by atoms with Gasteiger partial charge in [-0.2, -0.15) is 16.8 Å². The van der Waals surface area contributed by atoms with Crippen LogP contribution in [0, 0.1) is 6.92 Å². The lowest BCUT2D eigenvalue weighted by atomic mass is 10.1. The lowest BCUT2D eigenvalue weighted by molar-refractivity contribution is 0.481. The SMILES string of the molecule is Cc1cc(S(=O)(=O)O)c2ccc(N)c(S(=O)(=O)O)c2c1. The highest BCUT2D eigenvalue weighted by Gasteiger charge is 2.22. The first kappa shape index (κ1) is 14.7. The van der Waals surface area contributed by atoms with Crippen molar-refractivity contribution < 1.29 is 25.9 Å². The van der Waals surface area contributed by atoms with Crippen LogP contribution in [0.2, 0.25) is 0 Å². The predicted molar refractivity (Wildman–Crippen MR) is 72.7 cm³/mol. The number of anilines is 1. The van der Waals surface area contributed by atoms with Crippen molar-refractivity contribution >= 4 is 36.7 Å². The van der Waals surface area contributed by atoms with E-state index in [2.05, 4.69) is 0 Å². The third-order valence-electron chi connectivity index (χ3n) is 2.76. The van der Waals surface area contributed by atoms with Crippen molar-refractivity contribution in [1.29, 1.82) is 0 Å². The average molecular weight is 317 g/mol. The summed E-state index contributed by atoms with van der Waals surface area (Å²) in [6.45, 7) is 1.52. The minimum Gasteiger partial charge on any atom is -0.398 e. The molecule has 0 fully saturated rings. The molecule has 0 saturated heterocycles. The molecule has 0 amide bonds. The molecule has 0 aliphatic heterocycles. The van der Waals surface area contributed by atoms with Crippen molar-refractivity contribution in [3.63, 3.8) is 0 Å². The number of benzene rings is 2. The molecule has 0 atom stereocenters. The van der Waals surface area contributed by atoms with Gasteiger partial charge in [-0.3, -0.25) is 9.11 Å². The molecular formula is C11H11NO6S2. The second-order valence-electron chi connectivity index (χ2n) is 4.29. The van der Waals surface area contributed by atoms with E-state index in [9.17, 15) is 25.9 Å². The first-order chi connectivity index (χ1) is 9.01. The van der Waals surface area contributed by atoms with Crippen molar-refractivity contribution in [1.82, 2.24) is 0 Å². The van der Waals surface area contributed by atoms with Gasteiger partial charge in [0.25, 0.3) is 20.2 Å². The van der Waals surface area contributed by atoms with Crippen LogP contribution in [0.15, 0.2) is 34.1 Å². The van der Waals surface area contributed by atoms with Crippen LogP contribution in [-0.2, 0) is 20.2 Å². The lowest BCUT2D eigenvalue weighted by Gasteiger charge is -2.11. The Balaban J connectivity index is 3.14. The van der Waals surface area contributed by atoms with E-state index in [0.29, 0.717) is 5.56 Å². The molecule has 0 radical (unpaired) electrons. The fourth-order valence-electron chi connectivity index (χ4n) is 2.03. The summed E-state index contributed by atoms with van der Waals surface area (Å²) < 4.78 is 64.0. The molecule has 9 heteroatoms. The second kappa shape index (κ2) is 4.42. The molecular weight excluding hydrogens is 306 g/mol. The quantitative estimate of drug-likeness (QED) is 0.560. The zero-order chi connectivity index (χ0) is 15.3. The Kier molecular flexibility index (Phi) is 3.25. The molecule has 2 aromatic carbocycles. The molecule has 4 N–H and O–H groups in total. The average Bonchev–Trinajstić information content (AvgIpc) is 2.24. The third kappa shape index (κ3) is 2.48. The predicted octanol–water partition coefficient (Wildman–Crippen LogP) is 1.22. The van der Waals surface area contributed by atoms with E-state index in [1.54, 1.807) is 0 Å². The summed E-state index contributed by atoms with van der Waals surface area (Å²) in [6.07, 6.45) is 0. The fraction of sp³-hybridized carbons (Fsp3) is 0.0909. The van der Waals surface area contributed by atoms with Gasteiger partial charge in [0, 0.05) is 10.8 Å². The summed E-state index contributed by atoms with van der Waals surface area (Å²) in [7, 11) is -9.18. The van der Waals surface area contributed by atoms with E-state index in [-0.39, 0.29) is 16.5 Å². The Labute approximate surface area is 115 Å². The summed E-state index contributed by atoms with van der Waals surface area (Å²) in [5, 5.41) is -0.111. The van der Waals surface area contributed by atoms with Crippen LogP contribution in [0.3, 0.4) is 0 Å². The molecule has 0 heterocycles. The highest BCUT2D eigenvalue weighted by molar-refractivity contribution is 7.86. The van der Waals surface area contributed by atoms with Gasteiger partial charge >= 0.3 is 0 Å². The number of rotatable bonds is 2. The lowest BCUT2D eigenvalue weighted by Crippen LogP contribution is -2.06. The summed E-state index contributed by atoms with van der Waals surface area (Å²) in [5.41, 5.74) is 5.70. The zero-order valence-electron chi connectivity index (χ0n) is 10.2. The smallest absolute Gasteiger partial charge is 0.297 e. The Morgan fingerprint density at radius 1 is 0.950 bits per heavy atom. The summed E-state index contributed by atoms with van der Waals surface area (Å²) in [5.74, 6) is 0. The summed E-state index contributed by atoms with van der Waals surface area (Å²) in [4.78, 5) is -1.03. The van der Waals surface area contributed by atoms with Crippen LogP contribution in [0.25, 0.3) is 10.8 Å². The van der Waals surface area contributed by atoms with Crippen molar-refractivity contribution in [2.24, 2.45) is 0 Å².